The number of thioether (sulfide) groups is 1. The lowest BCUT2D eigenvalue weighted by molar-refractivity contribution is -0.115. The molecule has 2 aliphatic heterocycles. The maximum absolute atomic E-state index is 11.6. The Morgan fingerprint density at radius 2 is 2.08 bits per heavy atom. The van der Waals surface area contributed by atoms with E-state index in [0.29, 0.717) is 23.1 Å². The van der Waals surface area contributed by atoms with Crippen molar-refractivity contribution < 1.29 is 9.59 Å². The van der Waals surface area contributed by atoms with Gasteiger partial charge in [0.25, 0.3) is 11.1 Å². The second kappa shape index (κ2) is 5.93. The Morgan fingerprint density at radius 3 is 2.92 bits per heavy atom. The number of benzene rings is 1. The smallest absolute Gasteiger partial charge is 0.290 e. The number of carbonyl (C=O) groups excluding carboxylic acids is 2. The third-order valence-corrected chi connectivity index (χ3v) is 4.48. The fourth-order valence-corrected chi connectivity index (χ4v) is 3.19. The minimum absolute atomic E-state index is 0.337. The Labute approximate surface area is 142 Å². The summed E-state index contributed by atoms with van der Waals surface area (Å²) in [5.74, 6) is 0.154. The zero-order chi connectivity index (χ0) is 16.5. The Balaban J connectivity index is 1.61. The topological polar surface area (TPSA) is 75.2 Å². The zero-order valence-electron chi connectivity index (χ0n) is 12.5. The van der Waals surface area contributed by atoms with E-state index in [2.05, 4.69) is 27.4 Å². The summed E-state index contributed by atoms with van der Waals surface area (Å²) in [5.41, 5.74) is 2.97. The molecule has 0 radical (unpaired) electrons. The van der Waals surface area contributed by atoms with Crippen molar-refractivity contribution in [2.45, 2.75) is 6.54 Å². The van der Waals surface area contributed by atoms with Crippen LogP contribution in [0.5, 0.6) is 0 Å². The highest BCUT2D eigenvalue weighted by Gasteiger charge is 2.25. The van der Waals surface area contributed by atoms with E-state index in [1.54, 1.807) is 18.3 Å². The second-order valence-corrected chi connectivity index (χ2v) is 6.29. The summed E-state index contributed by atoms with van der Waals surface area (Å²) >= 11 is 0.874. The summed E-state index contributed by atoms with van der Waals surface area (Å²) in [6.07, 6.45) is 7.20. The molecule has 1 aromatic heterocycles. The number of aromatic nitrogens is 2. The van der Waals surface area contributed by atoms with Crippen molar-refractivity contribution in [2.24, 2.45) is 0 Å². The van der Waals surface area contributed by atoms with Crippen molar-refractivity contribution in [1.82, 2.24) is 15.3 Å². The predicted octanol–water partition coefficient (Wildman–Crippen LogP) is 2.79. The van der Waals surface area contributed by atoms with E-state index in [-0.39, 0.29) is 5.24 Å². The molecule has 4 rings (SSSR count). The van der Waals surface area contributed by atoms with Crippen LogP contribution < -0.4 is 10.2 Å². The van der Waals surface area contributed by atoms with Gasteiger partial charge in [0.2, 0.25) is 5.95 Å². The lowest BCUT2D eigenvalue weighted by Gasteiger charge is -2.23. The molecule has 0 unspecified atom stereocenters. The molecule has 0 bridgehead atoms. The highest BCUT2D eigenvalue weighted by Crippen LogP contribution is 2.26. The van der Waals surface area contributed by atoms with Gasteiger partial charge in [0.05, 0.1) is 17.1 Å². The molecule has 0 aliphatic carbocycles. The predicted molar refractivity (Wildman–Crippen MR) is 92.8 cm³/mol. The highest BCUT2D eigenvalue weighted by molar-refractivity contribution is 8.18. The van der Waals surface area contributed by atoms with Crippen LogP contribution in [0.1, 0.15) is 16.8 Å². The molecule has 0 atom stereocenters. The first-order chi connectivity index (χ1) is 11.7. The van der Waals surface area contributed by atoms with Crippen molar-refractivity contribution in [3.8, 4) is 0 Å². The van der Waals surface area contributed by atoms with Gasteiger partial charge in [0.1, 0.15) is 0 Å². The van der Waals surface area contributed by atoms with Crippen molar-refractivity contribution in [1.29, 1.82) is 0 Å². The second-order valence-electron chi connectivity index (χ2n) is 5.28. The third-order valence-electron chi connectivity index (χ3n) is 3.67. The fourth-order valence-electron chi connectivity index (χ4n) is 2.52. The van der Waals surface area contributed by atoms with Crippen LogP contribution in [0, 0.1) is 0 Å². The molecule has 3 heterocycles. The van der Waals surface area contributed by atoms with Gasteiger partial charge in [-0.05, 0) is 41.1 Å². The summed E-state index contributed by atoms with van der Waals surface area (Å²) in [7, 11) is 0. The molecule has 1 saturated heterocycles. The van der Waals surface area contributed by atoms with Gasteiger partial charge < -0.3 is 4.90 Å². The molecule has 24 heavy (non-hydrogen) atoms. The number of amides is 2. The minimum Gasteiger partial charge on any atom is -0.313 e. The number of imide groups is 1. The lowest BCUT2D eigenvalue weighted by atomic mass is 10.0. The van der Waals surface area contributed by atoms with Crippen LogP contribution in [-0.4, -0.2) is 21.1 Å². The number of fused-ring (bicyclic) bond motifs is 1. The summed E-state index contributed by atoms with van der Waals surface area (Å²) in [4.78, 5) is 33.9. The van der Waals surface area contributed by atoms with Gasteiger partial charge >= 0.3 is 0 Å². The van der Waals surface area contributed by atoms with E-state index < -0.39 is 5.91 Å². The van der Waals surface area contributed by atoms with Gasteiger partial charge in [-0.2, -0.15) is 0 Å². The van der Waals surface area contributed by atoms with E-state index in [1.807, 2.05) is 29.3 Å². The molecule has 2 amide bonds. The van der Waals surface area contributed by atoms with E-state index in [9.17, 15) is 9.59 Å². The van der Waals surface area contributed by atoms with Crippen LogP contribution in [0.4, 0.5) is 10.7 Å². The van der Waals surface area contributed by atoms with E-state index in [0.717, 1.165) is 11.8 Å². The molecule has 2 aliphatic rings. The first-order valence-corrected chi connectivity index (χ1v) is 8.11. The molecule has 6 nitrogen and oxygen atoms in total. The highest BCUT2D eigenvalue weighted by atomic mass is 32.2. The number of anilines is 1. The maximum Gasteiger partial charge on any atom is 0.290 e. The zero-order valence-corrected chi connectivity index (χ0v) is 13.3. The normalized spacial score (nSPS) is 18.0. The first-order valence-electron chi connectivity index (χ1n) is 7.30. The number of hydrogen-bond acceptors (Lipinski definition) is 6. The Hall–Kier alpha value is -2.93. The molecule has 0 spiro atoms. The van der Waals surface area contributed by atoms with Gasteiger partial charge in [-0.15, -0.1) is 0 Å². The van der Waals surface area contributed by atoms with Crippen LogP contribution in [0.3, 0.4) is 0 Å². The Kier molecular flexibility index (Phi) is 3.62. The van der Waals surface area contributed by atoms with Crippen molar-refractivity contribution in [3.63, 3.8) is 0 Å². The molecule has 7 heteroatoms. The Morgan fingerprint density at radius 1 is 1.21 bits per heavy atom. The van der Waals surface area contributed by atoms with Gasteiger partial charge in [0.15, 0.2) is 0 Å². The van der Waals surface area contributed by atoms with Crippen LogP contribution in [0.2, 0.25) is 0 Å². The third kappa shape index (κ3) is 2.81. The SMILES string of the molecule is O=C1NC(=O)/C(=C\c2ccnc(N3C=Cc4ccccc4C3)n2)S1. The van der Waals surface area contributed by atoms with Crippen LogP contribution in [0.25, 0.3) is 12.2 Å². The van der Waals surface area contributed by atoms with Gasteiger partial charge in [-0.1, -0.05) is 24.3 Å². The standard InChI is InChI=1S/C17H12N4O2S/c22-15-14(24-17(23)20-15)9-13-5-7-18-16(19-13)21-8-6-11-3-1-2-4-12(11)10-21/h1-9H,10H2,(H,20,22,23)/b14-9+. The van der Waals surface area contributed by atoms with Crippen LogP contribution in [-0.2, 0) is 11.3 Å². The molecule has 0 saturated carbocycles. The summed E-state index contributed by atoms with van der Waals surface area (Å²) in [6.45, 7) is 0.681. The molecular weight excluding hydrogens is 324 g/mol. The van der Waals surface area contributed by atoms with Crippen LogP contribution >= 0.6 is 11.8 Å². The summed E-state index contributed by atoms with van der Waals surface area (Å²) in [6, 6.07) is 9.86. The number of nitrogens with zero attached hydrogens (tertiary/aromatic N) is 3. The largest absolute Gasteiger partial charge is 0.313 e. The average Bonchev–Trinajstić information content (AvgIpc) is 2.92. The monoisotopic (exact) mass is 336 g/mol. The molecule has 1 aromatic carbocycles. The molecular formula is C17H12N4O2S. The summed E-state index contributed by atoms with van der Waals surface area (Å²) < 4.78 is 0. The number of carbonyl (C=O) groups is 2. The Bertz CT molecular complexity index is 907. The van der Waals surface area contributed by atoms with E-state index in [4.69, 9.17) is 0 Å². The first kappa shape index (κ1) is 14.6. The van der Waals surface area contributed by atoms with Crippen LogP contribution in [0.15, 0.2) is 47.6 Å². The van der Waals surface area contributed by atoms with Gasteiger partial charge in [0, 0.05) is 12.4 Å². The minimum atomic E-state index is -0.392. The van der Waals surface area contributed by atoms with Crippen molar-refractivity contribution in [2.75, 3.05) is 4.90 Å². The lowest BCUT2D eigenvalue weighted by Crippen LogP contribution is -2.21. The van der Waals surface area contributed by atoms with E-state index in [1.165, 1.54) is 11.1 Å². The van der Waals surface area contributed by atoms with E-state index >= 15 is 0 Å². The van der Waals surface area contributed by atoms with Gasteiger partial charge in [-0.3, -0.25) is 14.9 Å². The molecule has 1 N–H and O–H groups in total. The quantitative estimate of drug-likeness (QED) is 0.850. The molecule has 1 fully saturated rings. The molecule has 2 aromatic rings. The van der Waals surface area contributed by atoms with Crippen molar-refractivity contribution >= 4 is 41.0 Å². The van der Waals surface area contributed by atoms with Crippen molar-refractivity contribution in [3.05, 3.63) is 64.5 Å². The summed E-state index contributed by atoms with van der Waals surface area (Å²) in [5, 5.41) is 1.86. The number of hydrogen-bond donors (Lipinski definition) is 1. The maximum atomic E-state index is 11.6. The number of rotatable bonds is 2. The molecule has 118 valence electrons. The number of nitrogens with one attached hydrogen (secondary N) is 1. The average molecular weight is 336 g/mol. The van der Waals surface area contributed by atoms with Gasteiger partial charge in [-0.25, -0.2) is 9.97 Å². The fraction of sp³-hybridized carbons (Fsp3) is 0.0588.